The molecule has 43 heavy (non-hydrogen) atoms. The fourth-order valence-corrected chi connectivity index (χ4v) is 6.02. The number of nitrogens with zero attached hydrogens (tertiary/aromatic N) is 4. The van der Waals surface area contributed by atoms with Crippen LogP contribution >= 0.6 is 22.9 Å². The van der Waals surface area contributed by atoms with E-state index in [1.807, 2.05) is 55.4 Å². The van der Waals surface area contributed by atoms with Crippen LogP contribution in [0.4, 0.5) is 5.69 Å². The van der Waals surface area contributed by atoms with Gasteiger partial charge in [-0.3, -0.25) is 9.36 Å². The van der Waals surface area contributed by atoms with E-state index in [1.54, 1.807) is 54.8 Å². The lowest BCUT2D eigenvalue weighted by Crippen LogP contribution is -2.40. The van der Waals surface area contributed by atoms with Crippen LogP contribution in [-0.2, 0) is 16.1 Å². The van der Waals surface area contributed by atoms with Crippen LogP contribution in [-0.4, -0.2) is 31.2 Å². The minimum absolute atomic E-state index is 0.201. The van der Waals surface area contributed by atoms with Gasteiger partial charge in [0.1, 0.15) is 12.4 Å². The van der Waals surface area contributed by atoms with Crippen LogP contribution in [0.3, 0.4) is 0 Å². The number of carbonyl (C=O) groups is 1. The zero-order chi connectivity index (χ0) is 30.7. The minimum atomic E-state index is -0.708. The van der Waals surface area contributed by atoms with Crippen molar-refractivity contribution < 1.29 is 14.3 Å². The van der Waals surface area contributed by atoms with Gasteiger partial charge in [0.15, 0.2) is 4.80 Å². The number of benzene rings is 3. The molecule has 1 aromatic heterocycles. The van der Waals surface area contributed by atoms with E-state index in [-0.39, 0.29) is 18.8 Å². The summed E-state index contributed by atoms with van der Waals surface area (Å²) in [6, 6.07) is 21.5. The molecule has 0 N–H and O–H groups in total. The summed E-state index contributed by atoms with van der Waals surface area (Å²) in [5.74, 6) is 0.0341. The number of ether oxygens (including phenoxy) is 2. The van der Waals surface area contributed by atoms with Gasteiger partial charge >= 0.3 is 5.97 Å². The molecule has 1 aliphatic heterocycles. The first kappa shape index (κ1) is 29.8. The van der Waals surface area contributed by atoms with Gasteiger partial charge in [-0.2, -0.15) is 5.26 Å². The van der Waals surface area contributed by atoms with Crippen LogP contribution in [0.15, 0.2) is 87.8 Å². The third kappa shape index (κ3) is 6.26. The Bertz CT molecular complexity index is 1930. The van der Waals surface area contributed by atoms with Crippen LogP contribution in [0.2, 0.25) is 5.02 Å². The van der Waals surface area contributed by atoms with Crippen LogP contribution in [0.5, 0.6) is 5.75 Å². The number of fused-ring (bicyclic) bond motifs is 1. The normalized spacial score (nSPS) is 14.5. The molecule has 0 saturated carbocycles. The maximum Gasteiger partial charge on any atom is 0.338 e. The highest BCUT2D eigenvalue weighted by atomic mass is 35.5. The molecule has 4 aromatic rings. The molecule has 0 spiro atoms. The van der Waals surface area contributed by atoms with E-state index in [1.165, 1.54) is 11.3 Å². The molecule has 0 amide bonds. The number of esters is 1. The van der Waals surface area contributed by atoms with Gasteiger partial charge in [-0.15, -0.1) is 0 Å². The summed E-state index contributed by atoms with van der Waals surface area (Å²) < 4.78 is 13.5. The summed E-state index contributed by atoms with van der Waals surface area (Å²) >= 11 is 7.58. The van der Waals surface area contributed by atoms with Crippen molar-refractivity contribution in [3.63, 3.8) is 0 Å². The zero-order valence-corrected chi connectivity index (χ0v) is 25.7. The molecule has 3 aromatic carbocycles. The third-order valence-electron chi connectivity index (χ3n) is 6.98. The van der Waals surface area contributed by atoms with Crippen LogP contribution in [0.1, 0.15) is 42.1 Å². The predicted molar refractivity (Wildman–Crippen MR) is 168 cm³/mol. The lowest BCUT2D eigenvalue weighted by Gasteiger charge is -2.25. The number of halogens is 1. The Morgan fingerprint density at radius 3 is 2.51 bits per heavy atom. The number of allylic oxidation sites excluding steroid dienone is 1. The van der Waals surface area contributed by atoms with Crippen LogP contribution in [0.25, 0.3) is 6.08 Å². The Balaban J connectivity index is 1.59. The summed E-state index contributed by atoms with van der Waals surface area (Å²) in [5.41, 5.74) is 4.38. The van der Waals surface area contributed by atoms with Gasteiger partial charge in [-0.05, 0) is 73.5 Å². The summed E-state index contributed by atoms with van der Waals surface area (Å²) in [6.45, 7) is 3.97. The lowest BCUT2D eigenvalue weighted by molar-refractivity contribution is -0.139. The third-order valence-corrected chi connectivity index (χ3v) is 8.20. The molecule has 1 aliphatic rings. The summed E-state index contributed by atoms with van der Waals surface area (Å²) in [4.78, 5) is 34.3. The minimum Gasteiger partial charge on any atom is -0.488 e. The highest BCUT2D eigenvalue weighted by Gasteiger charge is 2.33. The van der Waals surface area contributed by atoms with E-state index in [4.69, 9.17) is 26.3 Å². The number of carbonyl (C=O) groups excluding carboxylic acids is 1. The van der Waals surface area contributed by atoms with Gasteiger partial charge in [0.05, 0.1) is 40.1 Å². The molecule has 10 heteroatoms. The molecule has 5 rings (SSSR count). The van der Waals surface area contributed by atoms with Crippen molar-refractivity contribution in [2.45, 2.75) is 26.5 Å². The summed E-state index contributed by atoms with van der Waals surface area (Å²) in [7, 11) is 3.90. The Hall–Kier alpha value is -4.65. The number of hydrogen-bond donors (Lipinski definition) is 0. The second-order valence-electron chi connectivity index (χ2n) is 10.1. The van der Waals surface area contributed by atoms with Crippen molar-refractivity contribution in [2.24, 2.45) is 4.99 Å². The quantitative estimate of drug-likeness (QED) is 0.261. The largest absolute Gasteiger partial charge is 0.488 e. The van der Waals surface area contributed by atoms with Crippen molar-refractivity contribution in [3.8, 4) is 11.8 Å². The van der Waals surface area contributed by atoms with E-state index >= 15 is 0 Å². The Morgan fingerprint density at radius 2 is 1.86 bits per heavy atom. The maximum absolute atomic E-state index is 14.0. The SMILES string of the molecule is CCOC(=O)C1=C(C)N=c2s/c(=C/c3cc(Cl)ccc3OCc3ccc(C#N)cc3)c(=O)n2[C@@H]1c1ccc(N(C)C)cc1. The Morgan fingerprint density at radius 1 is 1.14 bits per heavy atom. The molecule has 0 saturated heterocycles. The Kier molecular flexibility index (Phi) is 8.81. The van der Waals surface area contributed by atoms with Crippen molar-refractivity contribution in [1.29, 1.82) is 5.26 Å². The maximum atomic E-state index is 14.0. The molecule has 0 bridgehead atoms. The van der Waals surface area contributed by atoms with Crippen LogP contribution in [0, 0.1) is 11.3 Å². The average molecular weight is 613 g/mol. The molecule has 1 atom stereocenters. The number of rotatable bonds is 8. The lowest BCUT2D eigenvalue weighted by atomic mass is 9.95. The van der Waals surface area contributed by atoms with Gasteiger partial charge < -0.3 is 14.4 Å². The standard InChI is InChI=1S/C33H29ClN4O4S/c1-5-41-32(40)29-20(2)36-33-38(30(29)23-10-13-26(14-11-23)37(3)4)31(39)28(43-33)17-24-16-25(34)12-15-27(24)42-19-22-8-6-21(18-35)7-9-22/h6-17,30H,5,19H2,1-4H3/b28-17+/t30-/m1/s1. The van der Waals surface area contributed by atoms with Crippen molar-refractivity contribution in [2.75, 3.05) is 25.6 Å². The average Bonchev–Trinajstić information content (AvgIpc) is 3.30. The van der Waals surface area contributed by atoms with Gasteiger partial charge in [0, 0.05) is 30.4 Å². The van der Waals surface area contributed by atoms with Gasteiger partial charge in [0.2, 0.25) is 0 Å². The molecule has 0 fully saturated rings. The molecular formula is C33H29ClN4O4S. The Labute approximate surface area is 258 Å². The van der Waals surface area contributed by atoms with E-state index in [9.17, 15) is 9.59 Å². The van der Waals surface area contributed by atoms with Gasteiger partial charge in [-0.25, -0.2) is 9.79 Å². The van der Waals surface area contributed by atoms with Crippen molar-refractivity contribution in [3.05, 3.63) is 125 Å². The number of aromatic nitrogens is 1. The topological polar surface area (TPSA) is 96.9 Å². The molecule has 0 aliphatic carbocycles. The molecule has 2 heterocycles. The van der Waals surface area contributed by atoms with Crippen molar-refractivity contribution in [1.82, 2.24) is 4.57 Å². The van der Waals surface area contributed by atoms with E-state index in [0.717, 1.165) is 16.8 Å². The van der Waals surface area contributed by atoms with Crippen molar-refractivity contribution >= 4 is 40.7 Å². The first-order valence-corrected chi connectivity index (χ1v) is 14.8. The number of hydrogen-bond acceptors (Lipinski definition) is 8. The fourth-order valence-electron chi connectivity index (χ4n) is 4.80. The van der Waals surface area contributed by atoms with Crippen LogP contribution < -0.4 is 24.5 Å². The van der Waals surface area contributed by atoms with Gasteiger partial charge in [-0.1, -0.05) is 47.2 Å². The highest BCUT2D eigenvalue weighted by molar-refractivity contribution is 7.07. The highest BCUT2D eigenvalue weighted by Crippen LogP contribution is 2.32. The smallest absolute Gasteiger partial charge is 0.338 e. The second kappa shape index (κ2) is 12.7. The number of nitriles is 1. The monoisotopic (exact) mass is 612 g/mol. The first-order valence-electron chi connectivity index (χ1n) is 13.6. The number of thiazole rings is 1. The molecule has 8 nitrogen and oxygen atoms in total. The fraction of sp³-hybridized carbons (Fsp3) is 0.212. The molecule has 0 radical (unpaired) electrons. The zero-order valence-electron chi connectivity index (χ0n) is 24.1. The first-order chi connectivity index (χ1) is 20.7. The molecule has 0 unspecified atom stereocenters. The summed E-state index contributed by atoms with van der Waals surface area (Å²) in [6.07, 6.45) is 1.74. The predicted octanol–water partition coefficient (Wildman–Crippen LogP) is 4.97. The van der Waals surface area contributed by atoms with E-state index in [2.05, 4.69) is 11.1 Å². The van der Waals surface area contributed by atoms with Gasteiger partial charge in [0.25, 0.3) is 5.56 Å². The molecule has 218 valence electrons. The second-order valence-corrected chi connectivity index (χ2v) is 11.5. The molecular weight excluding hydrogens is 584 g/mol. The summed E-state index contributed by atoms with van der Waals surface area (Å²) in [5, 5.41) is 9.55. The van der Waals surface area contributed by atoms with E-state index < -0.39 is 12.0 Å². The van der Waals surface area contributed by atoms with E-state index in [0.29, 0.717) is 42.5 Å². The number of anilines is 1.